The van der Waals surface area contributed by atoms with Crippen LogP contribution in [0.1, 0.15) is 38.8 Å². The molecule has 0 radical (unpaired) electrons. The highest BCUT2D eigenvalue weighted by atomic mass is 32.2. The summed E-state index contributed by atoms with van der Waals surface area (Å²) in [6, 6.07) is 15.6. The molecular formula is C31H38FN3O6S. The lowest BCUT2D eigenvalue weighted by Crippen LogP contribution is -2.54. The maximum atomic E-state index is 14.7. The summed E-state index contributed by atoms with van der Waals surface area (Å²) >= 11 is 0. The minimum atomic E-state index is -4.34. The van der Waals surface area contributed by atoms with Gasteiger partial charge in [0.1, 0.15) is 29.9 Å². The zero-order valence-electron chi connectivity index (χ0n) is 25.0. The van der Waals surface area contributed by atoms with Gasteiger partial charge in [0, 0.05) is 23.7 Å². The predicted octanol–water partition coefficient (Wildman–Crippen LogP) is 4.68. The topological polar surface area (TPSA) is 105 Å². The summed E-state index contributed by atoms with van der Waals surface area (Å²) in [6.45, 7) is 7.76. The van der Waals surface area contributed by atoms with Crippen LogP contribution in [-0.4, -0.2) is 57.5 Å². The molecule has 42 heavy (non-hydrogen) atoms. The van der Waals surface area contributed by atoms with Crippen molar-refractivity contribution in [3.8, 4) is 11.5 Å². The largest absolute Gasteiger partial charge is 0.497 e. The zero-order valence-corrected chi connectivity index (χ0v) is 25.8. The van der Waals surface area contributed by atoms with Gasteiger partial charge in [-0.2, -0.15) is 0 Å². The molecule has 11 heteroatoms. The Morgan fingerprint density at radius 3 is 2.19 bits per heavy atom. The first-order chi connectivity index (χ1) is 19.7. The molecule has 9 nitrogen and oxygen atoms in total. The van der Waals surface area contributed by atoms with Crippen LogP contribution in [0.25, 0.3) is 0 Å². The summed E-state index contributed by atoms with van der Waals surface area (Å²) < 4.78 is 54.6. The van der Waals surface area contributed by atoms with E-state index in [4.69, 9.17) is 9.47 Å². The van der Waals surface area contributed by atoms with Gasteiger partial charge >= 0.3 is 0 Å². The van der Waals surface area contributed by atoms with Crippen LogP contribution in [0.5, 0.6) is 11.5 Å². The van der Waals surface area contributed by atoms with E-state index < -0.39 is 45.8 Å². The highest BCUT2D eigenvalue weighted by molar-refractivity contribution is 7.92. The molecule has 0 heterocycles. The number of carbonyl (C=O) groups is 2. The lowest BCUT2D eigenvalue weighted by molar-refractivity contribution is -0.140. The molecule has 0 saturated carbocycles. The molecule has 1 N–H and O–H groups in total. The van der Waals surface area contributed by atoms with Crippen molar-refractivity contribution in [3.05, 3.63) is 83.7 Å². The number of sulfonamides is 1. The van der Waals surface area contributed by atoms with Crippen LogP contribution in [0.15, 0.2) is 71.6 Å². The number of amides is 2. The molecule has 3 aromatic carbocycles. The first-order valence-electron chi connectivity index (χ1n) is 13.3. The zero-order chi connectivity index (χ0) is 31.2. The van der Waals surface area contributed by atoms with E-state index in [1.165, 1.54) is 68.5 Å². The number of carbonyl (C=O) groups excluding carboxylic acids is 2. The SMILES string of the molecule is COc1ccc(OC)c(N(CC(=O)N(Cc2ccccc2F)[C@H](C)C(=O)NC(C)(C)C)S(=O)(=O)c2ccc(C)cc2)c1. The number of ether oxygens (including phenoxy) is 2. The first-order valence-corrected chi connectivity index (χ1v) is 14.8. The minimum absolute atomic E-state index is 0.0510. The minimum Gasteiger partial charge on any atom is -0.497 e. The van der Waals surface area contributed by atoms with Gasteiger partial charge in [0.2, 0.25) is 11.8 Å². The number of hydrogen-bond acceptors (Lipinski definition) is 6. The van der Waals surface area contributed by atoms with Crippen molar-refractivity contribution in [2.24, 2.45) is 0 Å². The fourth-order valence-corrected chi connectivity index (χ4v) is 5.63. The van der Waals surface area contributed by atoms with E-state index in [0.717, 1.165) is 9.87 Å². The van der Waals surface area contributed by atoms with Crippen LogP contribution < -0.4 is 19.1 Å². The van der Waals surface area contributed by atoms with E-state index >= 15 is 0 Å². The number of aryl methyl sites for hydroxylation is 1. The fourth-order valence-electron chi connectivity index (χ4n) is 4.21. The number of methoxy groups -OCH3 is 2. The van der Waals surface area contributed by atoms with Crippen LogP contribution in [0.3, 0.4) is 0 Å². The van der Waals surface area contributed by atoms with Gasteiger partial charge in [-0.15, -0.1) is 0 Å². The number of nitrogens with one attached hydrogen (secondary N) is 1. The molecule has 226 valence electrons. The standard InChI is InChI=1S/C31H38FN3O6S/c1-21-12-15-25(16-13-21)42(38,39)35(27-18-24(40-6)14-17-28(27)41-7)20-29(36)34(19-23-10-8-9-11-26(23)32)22(2)30(37)33-31(3,4)5/h8-18,22H,19-20H2,1-7H3,(H,33,37)/t22-/m1/s1. The third-order valence-corrected chi connectivity index (χ3v) is 8.28. The number of benzene rings is 3. The fraction of sp³-hybridized carbons (Fsp3) is 0.355. The summed E-state index contributed by atoms with van der Waals surface area (Å²) in [6.07, 6.45) is 0. The Morgan fingerprint density at radius 1 is 0.976 bits per heavy atom. The molecule has 0 aliphatic rings. The van der Waals surface area contributed by atoms with Gasteiger partial charge in [-0.3, -0.25) is 13.9 Å². The number of anilines is 1. The van der Waals surface area contributed by atoms with E-state index in [-0.39, 0.29) is 28.4 Å². The van der Waals surface area contributed by atoms with Gasteiger partial charge < -0.3 is 19.7 Å². The lowest BCUT2D eigenvalue weighted by atomic mass is 10.1. The molecule has 0 aliphatic heterocycles. The van der Waals surface area contributed by atoms with E-state index in [9.17, 15) is 22.4 Å². The Hall–Kier alpha value is -4.12. The van der Waals surface area contributed by atoms with Crippen molar-refractivity contribution in [3.63, 3.8) is 0 Å². The number of rotatable bonds is 11. The molecule has 0 bridgehead atoms. The summed E-state index contributed by atoms with van der Waals surface area (Å²) in [5, 5.41) is 2.84. The summed E-state index contributed by atoms with van der Waals surface area (Å²) in [5.41, 5.74) is 0.481. The second kappa shape index (κ2) is 13.2. The van der Waals surface area contributed by atoms with Crippen molar-refractivity contribution in [1.82, 2.24) is 10.2 Å². The molecule has 2 amide bonds. The molecular weight excluding hydrogens is 561 g/mol. The van der Waals surface area contributed by atoms with Gasteiger partial charge in [-0.05, 0) is 65.0 Å². The average Bonchev–Trinajstić information content (AvgIpc) is 2.93. The third kappa shape index (κ3) is 7.79. The molecule has 0 aromatic heterocycles. The van der Waals surface area contributed by atoms with Crippen molar-refractivity contribution in [1.29, 1.82) is 0 Å². The molecule has 0 aliphatic carbocycles. The maximum Gasteiger partial charge on any atom is 0.264 e. The van der Waals surface area contributed by atoms with Gasteiger partial charge in [0.25, 0.3) is 10.0 Å². The van der Waals surface area contributed by atoms with Crippen LogP contribution in [0, 0.1) is 12.7 Å². The van der Waals surface area contributed by atoms with Crippen molar-refractivity contribution in [2.45, 2.75) is 57.6 Å². The first kappa shape index (κ1) is 32.4. The van der Waals surface area contributed by atoms with Gasteiger partial charge in [-0.25, -0.2) is 12.8 Å². The highest BCUT2D eigenvalue weighted by Crippen LogP contribution is 2.36. The van der Waals surface area contributed by atoms with Gasteiger partial charge in [0.05, 0.1) is 24.8 Å². The Kier molecular flexibility index (Phi) is 10.2. The third-order valence-electron chi connectivity index (χ3n) is 6.51. The lowest BCUT2D eigenvalue weighted by Gasteiger charge is -2.33. The molecule has 3 rings (SSSR count). The van der Waals surface area contributed by atoms with Crippen LogP contribution in [0.4, 0.5) is 10.1 Å². The second-order valence-electron chi connectivity index (χ2n) is 10.9. The summed E-state index contributed by atoms with van der Waals surface area (Å²) in [7, 11) is -1.52. The molecule has 1 atom stereocenters. The molecule has 0 unspecified atom stereocenters. The highest BCUT2D eigenvalue weighted by Gasteiger charge is 2.35. The van der Waals surface area contributed by atoms with Crippen LogP contribution in [-0.2, 0) is 26.2 Å². The van der Waals surface area contributed by atoms with E-state index in [0.29, 0.717) is 5.75 Å². The number of hydrogen-bond donors (Lipinski definition) is 1. The Morgan fingerprint density at radius 2 is 1.62 bits per heavy atom. The van der Waals surface area contributed by atoms with Crippen molar-refractivity contribution in [2.75, 3.05) is 25.1 Å². The maximum absolute atomic E-state index is 14.7. The average molecular weight is 600 g/mol. The molecule has 0 saturated heterocycles. The van der Waals surface area contributed by atoms with Gasteiger partial charge in [-0.1, -0.05) is 35.9 Å². The Bertz CT molecular complexity index is 1520. The van der Waals surface area contributed by atoms with Crippen LogP contribution in [0.2, 0.25) is 0 Å². The Balaban J connectivity index is 2.14. The summed E-state index contributed by atoms with van der Waals surface area (Å²) in [5.74, 6) is -1.24. The summed E-state index contributed by atoms with van der Waals surface area (Å²) in [4.78, 5) is 28.4. The normalized spacial score (nSPS) is 12.3. The number of halogens is 1. The smallest absolute Gasteiger partial charge is 0.264 e. The van der Waals surface area contributed by atoms with Crippen molar-refractivity contribution < 1.29 is 31.9 Å². The second-order valence-corrected chi connectivity index (χ2v) is 12.8. The van der Waals surface area contributed by atoms with Crippen LogP contribution >= 0.6 is 0 Å². The molecule has 0 fully saturated rings. The Labute approximate surface area is 247 Å². The van der Waals surface area contributed by atoms with E-state index in [2.05, 4.69) is 5.32 Å². The molecule has 3 aromatic rings. The predicted molar refractivity (Wildman–Crippen MR) is 160 cm³/mol. The monoisotopic (exact) mass is 599 g/mol. The van der Waals surface area contributed by atoms with Gasteiger partial charge in [0.15, 0.2) is 0 Å². The van der Waals surface area contributed by atoms with E-state index in [1.54, 1.807) is 45.0 Å². The van der Waals surface area contributed by atoms with E-state index in [1.807, 2.05) is 6.92 Å². The molecule has 0 spiro atoms. The quantitative estimate of drug-likeness (QED) is 0.343. The number of nitrogens with zero attached hydrogens (tertiary/aromatic N) is 2. The van der Waals surface area contributed by atoms with Crippen molar-refractivity contribution >= 4 is 27.5 Å².